The number of nitrogens with one attached hydrogen (secondary N) is 2. The molecule has 2 N–H and O–H groups in total. The zero-order chi connectivity index (χ0) is 15.9. The van der Waals surface area contributed by atoms with Crippen molar-refractivity contribution >= 4 is 23.8 Å². The number of nitrogens with zero attached hydrogens (tertiary/aromatic N) is 2. The minimum absolute atomic E-state index is 0.570. The van der Waals surface area contributed by atoms with E-state index in [4.69, 9.17) is 9.73 Å². The number of carbonyl (C=O) groups excluding carboxylic acids is 1. The van der Waals surface area contributed by atoms with Crippen molar-refractivity contribution in [3.63, 3.8) is 0 Å². The maximum absolute atomic E-state index is 10.3. The van der Waals surface area contributed by atoms with E-state index in [9.17, 15) is 4.79 Å². The topological polar surface area (TPSA) is 66.0 Å². The second kappa shape index (κ2) is 7.85. The van der Waals surface area contributed by atoms with Crippen LogP contribution in [-0.4, -0.2) is 36.5 Å². The summed E-state index contributed by atoms with van der Waals surface area (Å²) in [4.78, 5) is 17.3. The Kier molecular flexibility index (Phi) is 5.34. The average Bonchev–Trinajstić information content (AvgIpc) is 2.62. The van der Waals surface area contributed by atoms with E-state index in [0.29, 0.717) is 12.5 Å². The smallest absolute Gasteiger partial charge is 0.292 e. The van der Waals surface area contributed by atoms with Crippen LogP contribution in [0.15, 0.2) is 29.3 Å². The minimum atomic E-state index is 0.570. The third kappa shape index (κ3) is 4.15. The summed E-state index contributed by atoms with van der Waals surface area (Å²) in [6.45, 7) is 1.78. The van der Waals surface area contributed by atoms with E-state index >= 15 is 0 Å². The summed E-state index contributed by atoms with van der Waals surface area (Å²) < 4.78 is 5.84. The fourth-order valence-electron chi connectivity index (χ4n) is 3.25. The Morgan fingerprint density at radius 2 is 1.91 bits per heavy atom. The van der Waals surface area contributed by atoms with Gasteiger partial charge >= 0.3 is 0 Å². The maximum atomic E-state index is 10.3. The standard InChI is InChI=1S/C17H24N4O2/c22-13-18-20-15-9-7-14(8-10-15)19-17-21(11-4-12-23-17)16-5-2-1-3-6-16/h7-10,13,16,20H,1-6,11-12H2,(H,18,22). The van der Waals surface area contributed by atoms with Crippen LogP contribution in [0.1, 0.15) is 38.5 Å². The second-order valence-electron chi connectivity index (χ2n) is 6.02. The van der Waals surface area contributed by atoms with Crippen LogP contribution in [0.25, 0.3) is 0 Å². The Morgan fingerprint density at radius 1 is 1.13 bits per heavy atom. The van der Waals surface area contributed by atoms with Gasteiger partial charge < -0.3 is 9.64 Å². The number of benzene rings is 1. The fraction of sp³-hybridized carbons (Fsp3) is 0.529. The lowest BCUT2D eigenvalue weighted by Crippen LogP contribution is -2.46. The van der Waals surface area contributed by atoms with Crippen LogP contribution < -0.4 is 10.9 Å². The van der Waals surface area contributed by atoms with Crippen molar-refractivity contribution in [2.45, 2.75) is 44.6 Å². The molecule has 0 unspecified atom stereocenters. The number of hydrogen-bond acceptors (Lipinski definition) is 4. The van der Waals surface area contributed by atoms with Gasteiger partial charge in [-0.25, -0.2) is 0 Å². The number of amides is 1. The molecule has 0 aromatic heterocycles. The molecule has 0 bridgehead atoms. The first-order valence-electron chi connectivity index (χ1n) is 8.40. The predicted octanol–water partition coefficient (Wildman–Crippen LogP) is 2.80. The third-order valence-corrected chi connectivity index (χ3v) is 4.40. The van der Waals surface area contributed by atoms with Crippen LogP contribution in [0.3, 0.4) is 0 Å². The highest BCUT2D eigenvalue weighted by atomic mass is 16.5. The maximum Gasteiger partial charge on any atom is 0.292 e. The molecular formula is C17H24N4O2. The van der Waals surface area contributed by atoms with E-state index in [1.54, 1.807) is 0 Å². The van der Waals surface area contributed by atoms with E-state index in [1.807, 2.05) is 24.3 Å². The van der Waals surface area contributed by atoms with Gasteiger partial charge in [0.05, 0.1) is 18.0 Å². The number of carbonyl (C=O) groups is 1. The number of anilines is 1. The van der Waals surface area contributed by atoms with Crippen molar-refractivity contribution in [3.05, 3.63) is 24.3 Å². The Labute approximate surface area is 136 Å². The number of amidine groups is 1. The van der Waals surface area contributed by atoms with Gasteiger partial charge in [0, 0.05) is 12.6 Å². The Morgan fingerprint density at radius 3 is 2.65 bits per heavy atom. The Hall–Kier alpha value is -2.24. The van der Waals surface area contributed by atoms with Gasteiger partial charge in [-0.2, -0.15) is 4.99 Å². The predicted molar refractivity (Wildman–Crippen MR) is 90.5 cm³/mol. The molecule has 1 aromatic rings. The first-order valence-corrected chi connectivity index (χ1v) is 8.40. The number of aliphatic imine (C=N–C) groups is 1. The first kappa shape index (κ1) is 15.6. The molecule has 1 aliphatic heterocycles. The van der Waals surface area contributed by atoms with Crippen LogP contribution in [-0.2, 0) is 9.53 Å². The van der Waals surface area contributed by atoms with Crippen molar-refractivity contribution in [1.29, 1.82) is 0 Å². The highest BCUT2D eigenvalue weighted by Crippen LogP contribution is 2.26. The highest BCUT2D eigenvalue weighted by Gasteiger charge is 2.27. The van der Waals surface area contributed by atoms with Crippen LogP contribution in [0.2, 0.25) is 0 Å². The van der Waals surface area contributed by atoms with Gasteiger partial charge in [-0.05, 0) is 43.5 Å². The second-order valence-corrected chi connectivity index (χ2v) is 6.02. The van der Waals surface area contributed by atoms with Gasteiger partial charge in [0.2, 0.25) is 6.41 Å². The SMILES string of the molecule is O=CNNc1ccc(N=C2OCCCN2C2CCCCC2)cc1. The molecule has 124 valence electrons. The molecule has 1 saturated carbocycles. The average molecular weight is 316 g/mol. The minimum Gasteiger partial charge on any atom is -0.465 e. The normalized spacial score (nSPS) is 20.9. The van der Waals surface area contributed by atoms with Crippen LogP contribution in [0.4, 0.5) is 11.4 Å². The molecule has 6 nitrogen and oxygen atoms in total. The number of hydrazine groups is 1. The molecular weight excluding hydrogens is 292 g/mol. The summed E-state index contributed by atoms with van der Waals surface area (Å²) in [6.07, 6.45) is 8.10. The fourth-order valence-corrected chi connectivity index (χ4v) is 3.25. The first-order chi connectivity index (χ1) is 11.4. The molecule has 0 radical (unpaired) electrons. The number of ether oxygens (including phenoxy) is 1. The molecule has 6 heteroatoms. The van der Waals surface area contributed by atoms with Gasteiger partial charge in [-0.3, -0.25) is 15.6 Å². The lowest BCUT2D eigenvalue weighted by atomic mass is 9.94. The largest absolute Gasteiger partial charge is 0.465 e. The molecule has 23 heavy (non-hydrogen) atoms. The lowest BCUT2D eigenvalue weighted by Gasteiger charge is -2.38. The lowest BCUT2D eigenvalue weighted by molar-refractivity contribution is -0.109. The third-order valence-electron chi connectivity index (χ3n) is 4.40. The quantitative estimate of drug-likeness (QED) is 0.647. The number of rotatable bonds is 5. The molecule has 2 aliphatic rings. The molecule has 1 saturated heterocycles. The van der Waals surface area contributed by atoms with E-state index in [1.165, 1.54) is 32.1 Å². The molecule has 1 aromatic carbocycles. The molecule has 1 aliphatic carbocycles. The summed E-state index contributed by atoms with van der Waals surface area (Å²) >= 11 is 0. The van der Waals surface area contributed by atoms with Crippen molar-refractivity contribution in [1.82, 2.24) is 10.3 Å². The highest BCUT2D eigenvalue weighted by molar-refractivity contribution is 5.78. The molecule has 0 atom stereocenters. The summed E-state index contributed by atoms with van der Waals surface area (Å²) in [5.41, 5.74) is 6.87. The van der Waals surface area contributed by atoms with Crippen LogP contribution in [0, 0.1) is 0 Å². The molecule has 1 heterocycles. The Bertz CT molecular complexity index is 538. The van der Waals surface area contributed by atoms with Crippen molar-refractivity contribution in [3.8, 4) is 0 Å². The van der Waals surface area contributed by atoms with Crippen LogP contribution in [0.5, 0.6) is 0 Å². The zero-order valence-electron chi connectivity index (χ0n) is 13.3. The van der Waals surface area contributed by atoms with Crippen molar-refractivity contribution in [2.24, 2.45) is 4.99 Å². The summed E-state index contributed by atoms with van der Waals surface area (Å²) in [7, 11) is 0. The zero-order valence-corrected chi connectivity index (χ0v) is 13.3. The van der Waals surface area contributed by atoms with Crippen molar-refractivity contribution in [2.75, 3.05) is 18.6 Å². The number of hydrogen-bond donors (Lipinski definition) is 2. The van der Waals surface area contributed by atoms with Gasteiger partial charge in [0.25, 0.3) is 6.02 Å². The monoisotopic (exact) mass is 316 g/mol. The van der Waals surface area contributed by atoms with Gasteiger partial charge in [-0.15, -0.1) is 0 Å². The van der Waals surface area contributed by atoms with Gasteiger partial charge in [0.1, 0.15) is 0 Å². The molecule has 2 fully saturated rings. The van der Waals surface area contributed by atoms with E-state index in [0.717, 1.165) is 37.0 Å². The summed E-state index contributed by atoms with van der Waals surface area (Å²) in [5, 5.41) is 0. The molecule has 0 spiro atoms. The van der Waals surface area contributed by atoms with Gasteiger partial charge in [-0.1, -0.05) is 19.3 Å². The molecule has 3 rings (SSSR count). The van der Waals surface area contributed by atoms with Gasteiger partial charge in [0.15, 0.2) is 0 Å². The molecule has 1 amide bonds. The van der Waals surface area contributed by atoms with E-state index in [-0.39, 0.29) is 0 Å². The van der Waals surface area contributed by atoms with Crippen molar-refractivity contribution < 1.29 is 9.53 Å². The summed E-state index contributed by atoms with van der Waals surface area (Å²) in [5.74, 6) is 0. The van der Waals surface area contributed by atoms with Crippen LogP contribution >= 0.6 is 0 Å². The van der Waals surface area contributed by atoms with E-state index < -0.39 is 0 Å². The summed E-state index contributed by atoms with van der Waals surface area (Å²) in [6, 6.07) is 8.92. The van der Waals surface area contributed by atoms with E-state index in [2.05, 4.69) is 15.8 Å². The Balaban J connectivity index is 1.71.